The van der Waals surface area contributed by atoms with Crippen molar-refractivity contribution in [3.63, 3.8) is 0 Å². The third kappa shape index (κ3) is 3.57. The van der Waals surface area contributed by atoms with Crippen LogP contribution in [0.3, 0.4) is 0 Å². The van der Waals surface area contributed by atoms with Crippen molar-refractivity contribution < 1.29 is 13.9 Å². The monoisotopic (exact) mass is 91.0 g/mol. The molecule has 0 aliphatic rings. The van der Waals surface area contributed by atoms with Crippen LogP contribution >= 0.6 is 8.69 Å². The fraction of sp³-hybridized carbons (Fsp3) is 0. The number of hydrogen-bond donors (Lipinski definition) is 0. The van der Waals surface area contributed by atoms with Gasteiger partial charge in [0.25, 0.3) is 0 Å². The maximum absolute atomic E-state index is 9.02. The van der Waals surface area contributed by atoms with Crippen molar-refractivity contribution >= 4 is 15.2 Å². The molecule has 0 aliphatic heterocycles. The van der Waals surface area contributed by atoms with Crippen molar-refractivity contribution in [2.24, 2.45) is 0 Å². The van der Waals surface area contributed by atoms with Crippen molar-refractivity contribution in [1.29, 1.82) is 0 Å². The summed E-state index contributed by atoms with van der Waals surface area (Å²) < 4.78 is 12.5. The molecule has 0 saturated heterocycles. The average Bonchev–Trinajstić information content (AvgIpc) is 1.41. The second-order valence-electron chi connectivity index (χ2n) is 0.249. The molecule has 0 aromatic carbocycles. The van der Waals surface area contributed by atoms with Crippen LogP contribution in [0.4, 0.5) is 0 Å². The Morgan fingerprint density at radius 3 is 2.40 bits per heavy atom. The lowest BCUT2D eigenvalue weighted by Gasteiger charge is -1.59. The Morgan fingerprint density at radius 1 is 1.80 bits per heavy atom. The zero-order valence-electron chi connectivity index (χ0n) is 2.17. The van der Waals surface area contributed by atoms with Crippen LogP contribution in [-0.4, -0.2) is 6.47 Å². The molecule has 3 nitrogen and oxygen atoms in total. The second kappa shape index (κ2) is 3.57. The molecule has 1 radical (unpaired) electrons. The summed E-state index contributed by atoms with van der Waals surface area (Å²) in [6.45, 7) is 0.943. The Morgan fingerprint density at radius 2 is 2.40 bits per heavy atom. The third-order valence-corrected chi connectivity index (χ3v) is 0.224. The third-order valence-electron chi connectivity index (χ3n) is 0.0745. The molecule has 27 valence electrons. The Hall–Kier alpha value is -0.430. The van der Waals surface area contributed by atoms with E-state index >= 15 is 0 Å². The van der Waals surface area contributed by atoms with Crippen molar-refractivity contribution in [3.8, 4) is 0 Å². The molecular weight excluding hydrogens is 91.0 g/mol. The fourth-order valence-electron chi connectivity index (χ4n) is 0.0152. The van der Waals surface area contributed by atoms with Crippen LogP contribution in [0.15, 0.2) is 0 Å². The van der Waals surface area contributed by atoms with Crippen LogP contribution in [0.2, 0.25) is 0 Å². The van der Waals surface area contributed by atoms with E-state index in [1.165, 1.54) is 0 Å². The summed E-state index contributed by atoms with van der Waals surface area (Å²) >= 11 is 0. The lowest BCUT2D eigenvalue weighted by Crippen LogP contribution is -1.58. The quantitative estimate of drug-likeness (QED) is 0.458. The Labute approximate surface area is 30.2 Å². The Balaban J connectivity index is 2.65. The molecule has 0 unspecified atom stereocenters. The maximum Gasteiger partial charge on any atom is 0.428 e. The maximum atomic E-state index is 9.02. The first-order valence-corrected chi connectivity index (χ1v) is 1.50. The summed E-state index contributed by atoms with van der Waals surface area (Å²) in [4.78, 5) is 8.85. The highest BCUT2D eigenvalue weighted by Gasteiger charge is 1.67. The van der Waals surface area contributed by atoms with Crippen molar-refractivity contribution in [2.45, 2.75) is 0 Å². The lowest BCUT2D eigenvalue weighted by atomic mass is 11.7. The van der Waals surface area contributed by atoms with Gasteiger partial charge in [0, 0.05) is 0 Å². The Kier molecular flexibility index (Phi) is 3.26. The summed E-state index contributed by atoms with van der Waals surface area (Å²) in [5.41, 5.74) is 0. The Bertz CT molecular complexity index is 36.2. The minimum atomic E-state index is -0.644. The van der Waals surface area contributed by atoms with Crippen LogP contribution in [0.25, 0.3) is 0 Å². The molecule has 0 heterocycles. The standard InChI is InChI=1S/CO3P/c2-1-4-5-3. The number of carbonyl (C=O) groups excluding carboxylic acids is 1. The minimum Gasteiger partial charge on any atom is -0.364 e. The van der Waals surface area contributed by atoms with E-state index < -0.39 is 8.69 Å². The first-order valence-electron chi connectivity index (χ1n) is 0.773. The molecule has 0 spiro atoms. The summed E-state index contributed by atoms with van der Waals surface area (Å²) in [5, 5.41) is 0. The van der Waals surface area contributed by atoms with E-state index in [9.17, 15) is 0 Å². The van der Waals surface area contributed by atoms with E-state index in [2.05, 4.69) is 4.52 Å². The van der Waals surface area contributed by atoms with Crippen LogP contribution in [0, 0.1) is 0 Å². The first kappa shape index (κ1) is 4.57. The van der Waals surface area contributed by atoms with Crippen molar-refractivity contribution in [2.75, 3.05) is 0 Å². The van der Waals surface area contributed by atoms with Gasteiger partial charge in [0.15, 0.2) is 0 Å². The van der Waals surface area contributed by atoms with Crippen LogP contribution in [-0.2, 0) is 13.9 Å². The van der Waals surface area contributed by atoms with Gasteiger partial charge in [0.1, 0.15) is 0 Å². The van der Waals surface area contributed by atoms with Crippen LogP contribution in [0.5, 0.6) is 0 Å². The van der Waals surface area contributed by atoms with E-state index in [0.29, 0.717) is 0 Å². The number of rotatable bonds is 2. The predicted octanol–water partition coefficient (Wildman–Crippen LogP) is 0.277. The normalized spacial score (nSPS) is 7.20. The molecule has 0 amide bonds. The molecule has 0 aromatic heterocycles. The summed E-state index contributed by atoms with van der Waals surface area (Å²) in [7, 11) is -0.644. The molecule has 0 aliphatic carbocycles. The summed E-state index contributed by atoms with van der Waals surface area (Å²) in [6, 6.07) is 0. The van der Waals surface area contributed by atoms with Crippen molar-refractivity contribution in [3.05, 3.63) is 0 Å². The van der Waals surface area contributed by atoms with Crippen LogP contribution in [0.1, 0.15) is 0 Å². The second-order valence-corrected chi connectivity index (χ2v) is 0.581. The first-order chi connectivity index (χ1) is 2.41. The summed E-state index contributed by atoms with van der Waals surface area (Å²) in [6.07, 6.45) is 0. The van der Waals surface area contributed by atoms with Gasteiger partial charge in [-0.05, 0) is 0 Å². The van der Waals surface area contributed by atoms with Gasteiger partial charge in [-0.2, -0.15) is 0 Å². The smallest absolute Gasteiger partial charge is 0.364 e. The highest BCUT2D eigenvalue weighted by molar-refractivity contribution is 7.18. The van der Waals surface area contributed by atoms with E-state index in [1.54, 1.807) is 0 Å². The van der Waals surface area contributed by atoms with Gasteiger partial charge in [0.05, 0.1) is 0 Å². The molecule has 0 aromatic rings. The van der Waals surface area contributed by atoms with Crippen molar-refractivity contribution in [1.82, 2.24) is 0 Å². The van der Waals surface area contributed by atoms with Gasteiger partial charge in [-0.25, -0.2) is 9.36 Å². The van der Waals surface area contributed by atoms with Gasteiger partial charge in [-0.15, -0.1) is 0 Å². The highest BCUT2D eigenvalue weighted by Crippen LogP contribution is 1.84. The highest BCUT2D eigenvalue weighted by atomic mass is 31.1. The van der Waals surface area contributed by atoms with Gasteiger partial charge < -0.3 is 4.52 Å². The minimum absolute atomic E-state index is 0.644. The van der Waals surface area contributed by atoms with E-state index in [-0.39, 0.29) is 0 Å². The zero-order chi connectivity index (χ0) is 4.12. The zero-order valence-corrected chi connectivity index (χ0v) is 3.07. The SMILES string of the molecule is O=[C]OP=O. The van der Waals surface area contributed by atoms with Gasteiger partial charge >= 0.3 is 15.2 Å². The largest absolute Gasteiger partial charge is 0.428 e. The lowest BCUT2D eigenvalue weighted by molar-refractivity contribution is 0.450. The van der Waals surface area contributed by atoms with Gasteiger partial charge in [-0.3, -0.25) is 0 Å². The molecule has 0 fully saturated rings. The van der Waals surface area contributed by atoms with Crippen LogP contribution < -0.4 is 0 Å². The fourth-order valence-corrected chi connectivity index (χ4v) is 0.0456. The molecular formula is CO3P. The van der Waals surface area contributed by atoms with Gasteiger partial charge in [-0.1, -0.05) is 0 Å². The summed E-state index contributed by atoms with van der Waals surface area (Å²) in [5.74, 6) is 0. The molecule has 0 N–H and O–H groups in total. The topological polar surface area (TPSA) is 43.4 Å². The molecule has 4 heteroatoms. The van der Waals surface area contributed by atoms with E-state index in [4.69, 9.17) is 9.36 Å². The number of hydrogen-bond acceptors (Lipinski definition) is 3. The van der Waals surface area contributed by atoms with E-state index in [1.807, 2.05) is 0 Å². The predicted molar refractivity (Wildman–Crippen MR) is 14.4 cm³/mol. The van der Waals surface area contributed by atoms with Gasteiger partial charge in [0.2, 0.25) is 0 Å². The molecule has 0 bridgehead atoms. The average molecular weight is 91.0 g/mol. The molecule has 0 rings (SSSR count). The molecule has 5 heavy (non-hydrogen) atoms. The molecule has 0 saturated carbocycles. The van der Waals surface area contributed by atoms with E-state index in [0.717, 1.165) is 6.47 Å². The molecule has 0 atom stereocenters.